The van der Waals surface area contributed by atoms with Crippen LogP contribution in [0.1, 0.15) is 55.5 Å². The normalized spacial score (nSPS) is 15.2. The Morgan fingerprint density at radius 3 is 2.47 bits per heavy atom. The van der Waals surface area contributed by atoms with Crippen LogP contribution in [0.2, 0.25) is 0 Å². The van der Waals surface area contributed by atoms with E-state index in [2.05, 4.69) is 54.0 Å². The van der Waals surface area contributed by atoms with Gasteiger partial charge in [-0.2, -0.15) is 5.10 Å². The molecule has 1 aromatic heterocycles. The molecule has 100 valence electrons. The van der Waals surface area contributed by atoms with E-state index in [-0.39, 0.29) is 0 Å². The molecule has 0 radical (unpaired) electrons. The van der Waals surface area contributed by atoms with E-state index in [0.29, 0.717) is 18.4 Å². The van der Waals surface area contributed by atoms with Gasteiger partial charge in [0.2, 0.25) is 0 Å². The summed E-state index contributed by atoms with van der Waals surface area (Å²) in [6.07, 6.45) is 2.56. The lowest BCUT2D eigenvalue weighted by molar-refractivity contribution is 0.783. The van der Waals surface area contributed by atoms with E-state index in [1.54, 1.807) is 0 Å². The van der Waals surface area contributed by atoms with Crippen LogP contribution in [0.3, 0.4) is 0 Å². The monoisotopic (exact) mass is 255 g/mol. The van der Waals surface area contributed by atoms with Gasteiger partial charge in [-0.15, -0.1) is 0 Å². The molecule has 0 unspecified atom stereocenters. The van der Waals surface area contributed by atoms with Crippen LogP contribution in [0.4, 0.5) is 0 Å². The molecule has 1 aliphatic carbocycles. The number of nitrogens with two attached hydrogens (primary N) is 1. The third-order valence-corrected chi connectivity index (χ3v) is 3.80. The van der Waals surface area contributed by atoms with Gasteiger partial charge >= 0.3 is 0 Å². The summed E-state index contributed by atoms with van der Waals surface area (Å²) in [5.74, 6) is 1.24. The van der Waals surface area contributed by atoms with Gasteiger partial charge in [0.05, 0.1) is 11.4 Å². The van der Waals surface area contributed by atoms with Crippen molar-refractivity contribution in [2.75, 3.05) is 0 Å². The van der Waals surface area contributed by atoms with Crippen LogP contribution >= 0.6 is 0 Å². The number of hydrogen-bond acceptors (Lipinski definition) is 2. The molecule has 2 aromatic rings. The molecule has 1 fully saturated rings. The maximum absolute atomic E-state index is 5.72. The molecule has 0 aliphatic heterocycles. The molecule has 1 aromatic carbocycles. The third-order valence-electron chi connectivity index (χ3n) is 3.80. The van der Waals surface area contributed by atoms with E-state index in [9.17, 15) is 0 Å². The fourth-order valence-electron chi connectivity index (χ4n) is 2.42. The number of benzene rings is 1. The molecular weight excluding hydrogens is 234 g/mol. The van der Waals surface area contributed by atoms with Crippen molar-refractivity contribution in [3.8, 4) is 5.69 Å². The van der Waals surface area contributed by atoms with E-state index in [4.69, 9.17) is 5.73 Å². The van der Waals surface area contributed by atoms with E-state index in [1.807, 2.05) is 0 Å². The Hall–Kier alpha value is -1.61. The average molecular weight is 255 g/mol. The van der Waals surface area contributed by atoms with Gasteiger partial charge in [-0.1, -0.05) is 26.0 Å². The van der Waals surface area contributed by atoms with Crippen molar-refractivity contribution in [3.05, 3.63) is 47.3 Å². The van der Waals surface area contributed by atoms with Crippen LogP contribution in [-0.2, 0) is 6.54 Å². The zero-order valence-electron chi connectivity index (χ0n) is 11.6. The summed E-state index contributed by atoms with van der Waals surface area (Å²) in [6.45, 7) is 4.94. The molecule has 2 N–H and O–H groups in total. The summed E-state index contributed by atoms with van der Waals surface area (Å²) in [4.78, 5) is 0. The quantitative estimate of drug-likeness (QED) is 0.910. The molecular formula is C16H21N3. The highest BCUT2D eigenvalue weighted by Gasteiger charge is 2.28. The van der Waals surface area contributed by atoms with Crippen LogP contribution in [0.25, 0.3) is 5.69 Å². The second kappa shape index (κ2) is 4.82. The Bertz CT molecular complexity index is 562. The number of nitrogens with zero attached hydrogens (tertiary/aromatic N) is 2. The molecule has 3 rings (SSSR count). The zero-order valence-corrected chi connectivity index (χ0v) is 11.6. The first-order chi connectivity index (χ1) is 9.19. The SMILES string of the molecule is CC(C)c1ccc(-n2nc(CN)cc2C2CC2)cc1. The van der Waals surface area contributed by atoms with Crippen molar-refractivity contribution in [1.82, 2.24) is 9.78 Å². The Labute approximate surface area is 114 Å². The van der Waals surface area contributed by atoms with Crippen LogP contribution < -0.4 is 5.73 Å². The fraction of sp³-hybridized carbons (Fsp3) is 0.438. The summed E-state index contributed by atoms with van der Waals surface area (Å²) in [6, 6.07) is 10.9. The second-order valence-corrected chi connectivity index (χ2v) is 5.70. The molecule has 1 saturated carbocycles. The maximum atomic E-state index is 5.72. The topological polar surface area (TPSA) is 43.8 Å². The minimum absolute atomic E-state index is 0.511. The van der Waals surface area contributed by atoms with E-state index in [0.717, 1.165) is 11.4 Å². The minimum atomic E-state index is 0.511. The van der Waals surface area contributed by atoms with Crippen molar-refractivity contribution >= 4 is 0 Å². The fourth-order valence-corrected chi connectivity index (χ4v) is 2.42. The highest BCUT2D eigenvalue weighted by atomic mass is 15.3. The lowest BCUT2D eigenvalue weighted by atomic mass is 10.0. The molecule has 0 bridgehead atoms. The van der Waals surface area contributed by atoms with Gasteiger partial charge in [-0.3, -0.25) is 0 Å². The number of aromatic nitrogens is 2. The summed E-state index contributed by atoms with van der Waals surface area (Å²) >= 11 is 0. The molecule has 1 aliphatic rings. The first-order valence-electron chi connectivity index (χ1n) is 7.08. The van der Waals surface area contributed by atoms with Crippen molar-refractivity contribution in [2.24, 2.45) is 5.73 Å². The zero-order chi connectivity index (χ0) is 13.4. The van der Waals surface area contributed by atoms with Gasteiger partial charge in [0.1, 0.15) is 0 Å². The Morgan fingerprint density at radius 1 is 1.26 bits per heavy atom. The molecule has 3 heteroatoms. The Morgan fingerprint density at radius 2 is 1.95 bits per heavy atom. The van der Waals surface area contributed by atoms with Gasteiger partial charge in [0.25, 0.3) is 0 Å². The third kappa shape index (κ3) is 2.43. The van der Waals surface area contributed by atoms with Gasteiger partial charge in [0, 0.05) is 18.2 Å². The maximum Gasteiger partial charge on any atom is 0.0767 e. The lowest BCUT2D eigenvalue weighted by Crippen LogP contribution is -2.03. The minimum Gasteiger partial charge on any atom is -0.325 e. The molecule has 3 nitrogen and oxygen atoms in total. The van der Waals surface area contributed by atoms with Crippen LogP contribution in [0.5, 0.6) is 0 Å². The van der Waals surface area contributed by atoms with Gasteiger partial charge in [-0.05, 0) is 42.5 Å². The van der Waals surface area contributed by atoms with E-state index >= 15 is 0 Å². The van der Waals surface area contributed by atoms with Crippen LogP contribution in [0.15, 0.2) is 30.3 Å². The Balaban J connectivity index is 1.98. The predicted molar refractivity (Wildman–Crippen MR) is 77.5 cm³/mol. The molecule has 19 heavy (non-hydrogen) atoms. The summed E-state index contributed by atoms with van der Waals surface area (Å²) in [5, 5.41) is 4.63. The molecule has 0 atom stereocenters. The average Bonchev–Trinajstić information content (AvgIpc) is 3.18. The first kappa shape index (κ1) is 12.4. The first-order valence-corrected chi connectivity index (χ1v) is 7.08. The lowest BCUT2D eigenvalue weighted by Gasteiger charge is -2.09. The molecule has 0 saturated heterocycles. The second-order valence-electron chi connectivity index (χ2n) is 5.70. The summed E-state index contributed by atoms with van der Waals surface area (Å²) in [5.41, 5.74) is 10.5. The smallest absolute Gasteiger partial charge is 0.0767 e. The van der Waals surface area contributed by atoms with Crippen molar-refractivity contribution in [2.45, 2.75) is 45.1 Å². The predicted octanol–water partition coefficient (Wildman–Crippen LogP) is 3.33. The van der Waals surface area contributed by atoms with Gasteiger partial charge in [-0.25, -0.2) is 4.68 Å². The highest BCUT2D eigenvalue weighted by Crippen LogP contribution is 2.41. The van der Waals surface area contributed by atoms with Crippen molar-refractivity contribution < 1.29 is 0 Å². The molecule has 0 spiro atoms. The number of hydrogen-bond donors (Lipinski definition) is 1. The molecule has 0 amide bonds. The van der Waals surface area contributed by atoms with E-state index < -0.39 is 0 Å². The summed E-state index contributed by atoms with van der Waals surface area (Å²) < 4.78 is 2.07. The van der Waals surface area contributed by atoms with E-state index in [1.165, 1.54) is 24.1 Å². The van der Waals surface area contributed by atoms with Gasteiger partial charge in [0.15, 0.2) is 0 Å². The van der Waals surface area contributed by atoms with Gasteiger partial charge < -0.3 is 5.73 Å². The highest BCUT2D eigenvalue weighted by molar-refractivity contribution is 5.38. The molecule has 1 heterocycles. The number of rotatable bonds is 4. The largest absolute Gasteiger partial charge is 0.325 e. The standard InChI is InChI=1S/C16H21N3/c1-11(2)12-5-7-15(8-6-12)19-16(13-3-4-13)9-14(10-17)18-19/h5-9,11,13H,3-4,10,17H2,1-2H3. The van der Waals surface area contributed by atoms with Crippen LogP contribution in [-0.4, -0.2) is 9.78 Å². The summed E-state index contributed by atoms with van der Waals surface area (Å²) in [7, 11) is 0. The van der Waals surface area contributed by atoms with Crippen molar-refractivity contribution in [1.29, 1.82) is 0 Å². The van der Waals surface area contributed by atoms with Crippen LogP contribution in [0, 0.1) is 0 Å². The van der Waals surface area contributed by atoms with Crippen molar-refractivity contribution in [3.63, 3.8) is 0 Å². The Kier molecular flexibility index (Phi) is 3.15.